The van der Waals surface area contributed by atoms with Crippen molar-refractivity contribution in [3.63, 3.8) is 0 Å². The third-order valence-corrected chi connectivity index (χ3v) is 5.10. The van der Waals surface area contributed by atoms with Crippen LogP contribution in [0.4, 0.5) is 4.39 Å². The third-order valence-electron chi connectivity index (χ3n) is 5.10. The molecule has 2 heterocycles. The van der Waals surface area contributed by atoms with Crippen LogP contribution >= 0.6 is 0 Å². The lowest BCUT2D eigenvalue weighted by Gasteiger charge is -2.07. The van der Waals surface area contributed by atoms with Crippen LogP contribution in [0.5, 0.6) is 0 Å². The number of nitrogens with zero attached hydrogens (tertiary/aromatic N) is 2. The lowest BCUT2D eigenvalue weighted by atomic mass is 10.2. The Bertz CT molecular complexity index is 1080. The molecule has 0 saturated carbocycles. The monoisotopic (exact) mass is 389 g/mol. The van der Waals surface area contributed by atoms with E-state index in [1.807, 2.05) is 37.3 Å². The van der Waals surface area contributed by atoms with Gasteiger partial charge in [0.05, 0.1) is 18.8 Å². The number of furan rings is 1. The summed E-state index contributed by atoms with van der Waals surface area (Å²) in [7, 11) is 0. The van der Waals surface area contributed by atoms with Gasteiger partial charge in [0.15, 0.2) is 0 Å². The number of halogens is 1. The van der Waals surface area contributed by atoms with Crippen molar-refractivity contribution in [2.45, 2.75) is 33.5 Å². The summed E-state index contributed by atoms with van der Waals surface area (Å²) in [6, 6.07) is 20.5. The Morgan fingerprint density at radius 3 is 2.45 bits per heavy atom. The number of nitrogens with one attached hydrogen (secondary N) is 1. The molecule has 4 nitrogen and oxygen atoms in total. The second-order valence-corrected chi connectivity index (χ2v) is 7.17. The third kappa shape index (κ3) is 4.46. The fraction of sp³-hybridized carbons (Fsp3) is 0.208. The Balaban J connectivity index is 1.38. The fourth-order valence-corrected chi connectivity index (χ4v) is 3.45. The zero-order valence-corrected chi connectivity index (χ0v) is 16.7. The Morgan fingerprint density at radius 1 is 0.931 bits per heavy atom. The van der Waals surface area contributed by atoms with Crippen LogP contribution in [0.25, 0.3) is 11.3 Å². The molecule has 0 atom stereocenters. The molecule has 0 aliphatic carbocycles. The van der Waals surface area contributed by atoms with Gasteiger partial charge in [-0.1, -0.05) is 30.3 Å². The second-order valence-electron chi connectivity index (χ2n) is 7.17. The van der Waals surface area contributed by atoms with Crippen molar-refractivity contribution in [2.75, 3.05) is 0 Å². The lowest BCUT2D eigenvalue weighted by Crippen LogP contribution is -2.13. The van der Waals surface area contributed by atoms with Gasteiger partial charge in [-0.05, 0) is 55.8 Å². The topological polar surface area (TPSA) is 43.0 Å². The molecule has 1 N–H and O–H groups in total. The van der Waals surface area contributed by atoms with Crippen molar-refractivity contribution in [2.24, 2.45) is 0 Å². The van der Waals surface area contributed by atoms with Crippen LogP contribution in [0.15, 0.2) is 71.1 Å². The Morgan fingerprint density at radius 2 is 1.69 bits per heavy atom. The summed E-state index contributed by atoms with van der Waals surface area (Å²) in [5.41, 5.74) is 5.53. The van der Waals surface area contributed by atoms with E-state index in [9.17, 15) is 4.39 Å². The first-order chi connectivity index (χ1) is 14.1. The molecule has 0 radical (unpaired) electrons. The molecule has 0 amide bonds. The van der Waals surface area contributed by atoms with Crippen LogP contribution in [-0.4, -0.2) is 9.78 Å². The molecule has 0 aliphatic heterocycles. The first-order valence-electron chi connectivity index (χ1n) is 9.72. The smallest absolute Gasteiger partial charge is 0.134 e. The van der Waals surface area contributed by atoms with Crippen molar-refractivity contribution < 1.29 is 8.81 Å². The highest BCUT2D eigenvalue weighted by atomic mass is 19.1. The van der Waals surface area contributed by atoms with Gasteiger partial charge in [-0.3, -0.25) is 4.68 Å². The number of benzene rings is 2. The Labute approximate surface area is 170 Å². The first-order valence-corrected chi connectivity index (χ1v) is 9.72. The zero-order chi connectivity index (χ0) is 20.2. The molecule has 0 bridgehead atoms. The van der Waals surface area contributed by atoms with Crippen LogP contribution in [-0.2, 0) is 19.6 Å². The van der Waals surface area contributed by atoms with E-state index in [1.165, 1.54) is 29.0 Å². The van der Waals surface area contributed by atoms with E-state index < -0.39 is 0 Å². The van der Waals surface area contributed by atoms with Gasteiger partial charge < -0.3 is 9.73 Å². The molecular formula is C24H24FN3O. The summed E-state index contributed by atoms with van der Waals surface area (Å²) in [6.07, 6.45) is 0. The van der Waals surface area contributed by atoms with E-state index >= 15 is 0 Å². The van der Waals surface area contributed by atoms with Gasteiger partial charge in [-0.2, -0.15) is 5.10 Å². The van der Waals surface area contributed by atoms with Gasteiger partial charge in [0.1, 0.15) is 17.3 Å². The molecule has 0 spiro atoms. The largest absolute Gasteiger partial charge is 0.460 e. The van der Waals surface area contributed by atoms with Crippen LogP contribution in [0.1, 0.15) is 28.3 Å². The molecule has 0 unspecified atom stereocenters. The minimum Gasteiger partial charge on any atom is -0.460 e. The van der Waals surface area contributed by atoms with Gasteiger partial charge in [0.25, 0.3) is 0 Å². The maximum absolute atomic E-state index is 13.1. The molecule has 4 aromatic rings. The molecule has 148 valence electrons. The number of hydrogen-bond donors (Lipinski definition) is 1. The van der Waals surface area contributed by atoms with Crippen LogP contribution in [0.2, 0.25) is 0 Å². The van der Waals surface area contributed by atoms with E-state index in [-0.39, 0.29) is 5.82 Å². The predicted octanol–water partition coefficient (Wildman–Crippen LogP) is 5.24. The Kier molecular flexibility index (Phi) is 5.58. The SMILES string of the molecule is Cc1nn(Cc2ccccc2)c(C)c1CNCc1ccc(-c2ccc(F)cc2)o1. The molecule has 4 rings (SSSR count). The summed E-state index contributed by atoms with van der Waals surface area (Å²) in [4.78, 5) is 0. The average molecular weight is 389 g/mol. The Hall–Kier alpha value is -3.18. The van der Waals surface area contributed by atoms with Gasteiger partial charge >= 0.3 is 0 Å². The number of aromatic nitrogens is 2. The highest BCUT2D eigenvalue weighted by molar-refractivity contribution is 5.57. The first kappa shape index (κ1) is 19.2. The highest BCUT2D eigenvalue weighted by Gasteiger charge is 2.12. The fourth-order valence-electron chi connectivity index (χ4n) is 3.45. The normalized spacial score (nSPS) is 11.1. The van der Waals surface area contributed by atoms with Gasteiger partial charge in [-0.15, -0.1) is 0 Å². The van der Waals surface area contributed by atoms with E-state index in [1.54, 1.807) is 12.1 Å². The van der Waals surface area contributed by atoms with Crippen LogP contribution in [0.3, 0.4) is 0 Å². The standard InChI is InChI=1S/C24H24FN3O/c1-17-23(18(2)28(27-17)16-19-6-4-3-5-7-19)15-26-14-22-12-13-24(29-22)20-8-10-21(25)11-9-20/h3-13,26H,14-16H2,1-2H3. The lowest BCUT2D eigenvalue weighted by molar-refractivity contribution is 0.492. The van der Waals surface area contributed by atoms with E-state index in [0.717, 1.165) is 35.9 Å². The maximum Gasteiger partial charge on any atom is 0.134 e. The quantitative estimate of drug-likeness (QED) is 0.470. The van der Waals surface area contributed by atoms with Gasteiger partial charge in [0.2, 0.25) is 0 Å². The number of rotatable bonds is 7. The van der Waals surface area contributed by atoms with Gasteiger partial charge in [0, 0.05) is 23.4 Å². The number of aryl methyl sites for hydroxylation is 1. The van der Waals surface area contributed by atoms with E-state index in [0.29, 0.717) is 6.54 Å². The highest BCUT2D eigenvalue weighted by Crippen LogP contribution is 2.22. The summed E-state index contributed by atoms with van der Waals surface area (Å²) in [5.74, 6) is 1.34. The van der Waals surface area contributed by atoms with Crippen molar-refractivity contribution in [3.8, 4) is 11.3 Å². The predicted molar refractivity (Wildman–Crippen MR) is 112 cm³/mol. The van der Waals surface area contributed by atoms with Crippen LogP contribution < -0.4 is 5.32 Å². The van der Waals surface area contributed by atoms with Crippen molar-refractivity contribution in [3.05, 3.63) is 101 Å². The molecule has 0 aliphatic rings. The summed E-state index contributed by atoms with van der Waals surface area (Å²) < 4.78 is 21.0. The molecule has 2 aromatic carbocycles. The number of hydrogen-bond acceptors (Lipinski definition) is 3. The summed E-state index contributed by atoms with van der Waals surface area (Å²) >= 11 is 0. The molecule has 29 heavy (non-hydrogen) atoms. The van der Waals surface area contributed by atoms with E-state index in [4.69, 9.17) is 9.52 Å². The van der Waals surface area contributed by atoms with Crippen LogP contribution in [0, 0.1) is 19.7 Å². The maximum atomic E-state index is 13.1. The summed E-state index contributed by atoms with van der Waals surface area (Å²) in [6.45, 7) is 6.26. The second kappa shape index (κ2) is 8.45. The molecule has 0 saturated heterocycles. The van der Waals surface area contributed by atoms with Crippen molar-refractivity contribution in [1.29, 1.82) is 0 Å². The minimum absolute atomic E-state index is 0.249. The molecule has 0 fully saturated rings. The van der Waals surface area contributed by atoms with E-state index in [2.05, 4.69) is 29.1 Å². The van der Waals surface area contributed by atoms with Crippen molar-refractivity contribution >= 4 is 0 Å². The zero-order valence-electron chi connectivity index (χ0n) is 16.7. The summed E-state index contributed by atoms with van der Waals surface area (Å²) in [5, 5.41) is 8.15. The molecule has 2 aromatic heterocycles. The van der Waals surface area contributed by atoms with Gasteiger partial charge in [-0.25, -0.2) is 4.39 Å². The average Bonchev–Trinajstić information content (AvgIpc) is 3.29. The molecular weight excluding hydrogens is 365 g/mol. The van der Waals surface area contributed by atoms with Crippen molar-refractivity contribution in [1.82, 2.24) is 15.1 Å². The minimum atomic E-state index is -0.249. The molecule has 5 heteroatoms.